The molecule has 8 nitrogen and oxygen atoms in total. The van der Waals surface area contributed by atoms with Crippen LogP contribution in [0.3, 0.4) is 0 Å². The van der Waals surface area contributed by atoms with Gasteiger partial charge in [0.15, 0.2) is 0 Å². The van der Waals surface area contributed by atoms with Crippen molar-refractivity contribution >= 4 is 29.0 Å². The van der Waals surface area contributed by atoms with Gasteiger partial charge in [0.2, 0.25) is 0 Å². The first-order chi connectivity index (χ1) is 25.7. The molecule has 0 amide bonds. The van der Waals surface area contributed by atoms with Crippen LogP contribution in [0.5, 0.6) is 17.2 Å². The molecule has 1 aliphatic heterocycles. The number of likely N-dealkylation sites (tertiary alicyclic amines) is 1. The van der Waals surface area contributed by atoms with Crippen molar-refractivity contribution in [2.75, 3.05) is 26.2 Å². The number of ketones is 1. The van der Waals surface area contributed by atoms with Crippen LogP contribution in [0.1, 0.15) is 79.9 Å². The Bertz CT molecular complexity index is 2000. The first-order valence-corrected chi connectivity index (χ1v) is 19.5. The van der Waals surface area contributed by atoms with Crippen molar-refractivity contribution < 1.29 is 19.0 Å². The van der Waals surface area contributed by atoms with Crippen LogP contribution in [0.25, 0.3) is 11.1 Å². The molecule has 2 aliphatic carbocycles. The van der Waals surface area contributed by atoms with Gasteiger partial charge < -0.3 is 24.4 Å². The average molecular weight is 754 g/mol. The third-order valence-corrected chi connectivity index (χ3v) is 11.5. The van der Waals surface area contributed by atoms with Crippen molar-refractivity contribution in [3.63, 3.8) is 0 Å². The summed E-state index contributed by atoms with van der Waals surface area (Å²) in [5, 5.41) is 14.0. The maximum Gasteiger partial charge on any atom is 0.142 e. The highest BCUT2D eigenvalue weighted by atomic mass is 35.5. The molecule has 1 saturated heterocycles. The average Bonchev–Trinajstić information content (AvgIpc) is 3.92. The van der Waals surface area contributed by atoms with Crippen LogP contribution in [-0.4, -0.2) is 48.0 Å². The first-order valence-electron chi connectivity index (χ1n) is 18.7. The molecule has 3 aromatic carbocycles. The zero-order valence-corrected chi connectivity index (χ0v) is 31.9. The van der Waals surface area contributed by atoms with Crippen molar-refractivity contribution in [3.8, 4) is 34.4 Å². The molecule has 4 aromatic rings. The number of aromatic nitrogens is 1. The summed E-state index contributed by atoms with van der Waals surface area (Å²) in [6, 6.07) is 20.6. The summed E-state index contributed by atoms with van der Waals surface area (Å²) in [7, 11) is 0. The Labute approximate surface area is 322 Å². The molecule has 3 aliphatic rings. The molecule has 1 N–H and O–H groups in total. The second kappa shape index (κ2) is 16.9. The van der Waals surface area contributed by atoms with Crippen molar-refractivity contribution in [2.45, 2.75) is 77.7 Å². The topological polar surface area (TPSA) is 96.7 Å². The quantitative estimate of drug-likeness (QED) is 0.136. The van der Waals surface area contributed by atoms with E-state index in [0.717, 1.165) is 78.9 Å². The standard InChI is InChI=1S/C43H46Cl2N4O4/c1-27(2)49-14-13-29(24-49)25-51-40-8-4-7-37(43(40)45)34-5-3-6-36-35(34)11-12-39(36)53-42-18-41(52-26-31-15-30(19-46)21-47-22-31)32(17-38(42)44)23-48-20-28-9-10-33(50)16-28/h3-8,15,17-18,21-22,27-29,39,48H,9-14,16,20,23-26H2,1-2H3/t28-,29?,39+/m1/s1. The van der Waals surface area contributed by atoms with Crippen molar-refractivity contribution in [3.05, 3.63) is 105 Å². The number of carbonyl (C=O) groups excluding carboxylic acids is 1. The van der Waals surface area contributed by atoms with Crippen molar-refractivity contribution in [1.82, 2.24) is 15.2 Å². The summed E-state index contributed by atoms with van der Waals surface area (Å²) in [6.07, 6.45) is 7.97. The van der Waals surface area contributed by atoms with E-state index in [1.807, 2.05) is 24.3 Å². The van der Waals surface area contributed by atoms with Crippen LogP contribution in [0.2, 0.25) is 10.0 Å². The van der Waals surface area contributed by atoms with Gasteiger partial charge in [-0.25, -0.2) is 0 Å². The fraction of sp³-hybridized carbons (Fsp3) is 0.419. The molecule has 1 aromatic heterocycles. The second-order valence-electron chi connectivity index (χ2n) is 14.8. The molecule has 0 spiro atoms. The number of hydrogen-bond acceptors (Lipinski definition) is 8. The fourth-order valence-corrected chi connectivity index (χ4v) is 8.37. The Morgan fingerprint density at radius 3 is 2.60 bits per heavy atom. The van der Waals surface area contributed by atoms with E-state index in [4.69, 9.17) is 37.4 Å². The Balaban J connectivity index is 1.08. The van der Waals surface area contributed by atoms with Gasteiger partial charge in [0.25, 0.3) is 0 Å². The Kier molecular flexibility index (Phi) is 11.9. The second-order valence-corrected chi connectivity index (χ2v) is 15.6. The van der Waals surface area contributed by atoms with Gasteiger partial charge in [-0.1, -0.05) is 53.5 Å². The number of hydrogen-bond donors (Lipinski definition) is 1. The van der Waals surface area contributed by atoms with Crippen LogP contribution in [0.15, 0.2) is 67.0 Å². The van der Waals surface area contributed by atoms with Gasteiger partial charge in [-0.05, 0) is 93.4 Å². The number of ether oxygens (including phenoxy) is 3. The SMILES string of the molecule is CC(C)N1CCC(COc2cccc(-c3cccc4c3CC[C@@H]4Oc3cc(OCc4cncc(C#N)c4)c(CNC[C@@H]4CCC(=O)C4)cc3Cl)c2Cl)C1. The van der Waals surface area contributed by atoms with Gasteiger partial charge in [0.05, 0.1) is 22.2 Å². The summed E-state index contributed by atoms with van der Waals surface area (Å²) < 4.78 is 19.4. The number of pyridine rings is 1. The number of Topliss-reactive ketones (excluding diaryl/α,β-unsaturated/α-hetero) is 1. The summed E-state index contributed by atoms with van der Waals surface area (Å²) >= 11 is 14.0. The Morgan fingerprint density at radius 2 is 1.81 bits per heavy atom. The summed E-state index contributed by atoms with van der Waals surface area (Å²) in [5.74, 6) is 3.06. The zero-order valence-electron chi connectivity index (χ0n) is 30.4. The molecular weight excluding hydrogens is 707 g/mol. The van der Waals surface area contributed by atoms with Crippen molar-refractivity contribution in [2.24, 2.45) is 11.8 Å². The molecule has 276 valence electrons. The monoisotopic (exact) mass is 752 g/mol. The van der Waals surface area contributed by atoms with E-state index in [0.29, 0.717) is 76.8 Å². The molecule has 1 unspecified atom stereocenters. The highest BCUT2D eigenvalue weighted by Gasteiger charge is 2.29. The number of nitrogens with zero attached hydrogens (tertiary/aromatic N) is 3. The summed E-state index contributed by atoms with van der Waals surface area (Å²) in [6.45, 7) is 8.80. The number of benzene rings is 3. The summed E-state index contributed by atoms with van der Waals surface area (Å²) in [4.78, 5) is 18.5. The predicted molar refractivity (Wildman–Crippen MR) is 208 cm³/mol. The molecule has 0 radical (unpaired) electrons. The van der Waals surface area contributed by atoms with Gasteiger partial charge in [-0.15, -0.1) is 0 Å². The lowest BCUT2D eigenvalue weighted by atomic mass is 9.96. The molecule has 0 bridgehead atoms. The Morgan fingerprint density at radius 1 is 0.962 bits per heavy atom. The molecule has 2 heterocycles. The van der Waals surface area contributed by atoms with E-state index in [9.17, 15) is 10.1 Å². The maximum absolute atomic E-state index is 11.8. The number of halogens is 2. The molecule has 1 saturated carbocycles. The lowest BCUT2D eigenvalue weighted by Crippen LogP contribution is -2.29. The normalized spacial score (nSPS) is 19.8. The number of nitrogens with one attached hydrogen (secondary N) is 1. The minimum absolute atomic E-state index is 0.208. The third-order valence-electron chi connectivity index (χ3n) is 10.8. The fourth-order valence-electron chi connectivity index (χ4n) is 7.85. The number of rotatable bonds is 14. The number of carbonyl (C=O) groups is 1. The minimum atomic E-state index is -0.208. The van der Waals surface area contributed by atoms with Crippen molar-refractivity contribution in [1.29, 1.82) is 5.26 Å². The molecule has 3 atom stereocenters. The molecule has 7 rings (SSSR count). The zero-order chi connectivity index (χ0) is 36.9. The molecule has 2 fully saturated rings. The largest absolute Gasteiger partial charge is 0.492 e. The lowest BCUT2D eigenvalue weighted by molar-refractivity contribution is -0.117. The lowest BCUT2D eigenvalue weighted by Gasteiger charge is -2.21. The van der Waals surface area contributed by atoms with Crippen LogP contribution >= 0.6 is 23.2 Å². The van der Waals surface area contributed by atoms with E-state index in [2.05, 4.69) is 59.4 Å². The first kappa shape index (κ1) is 37.2. The Hall–Kier alpha value is -4.13. The third kappa shape index (κ3) is 8.82. The van der Waals surface area contributed by atoms with Gasteiger partial charge in [-0.3, -0.25) is 9.78 Å². The van der Waals surface area contributed by atoms with E-state index >= 15 is 0 Å². The predicted octanol–water partition coefficient (Wildman–Crippen LogP) is 9.14. The highest BCUT2D eigenvalue weighted by Crippen LogP contribution is 2.45. The van der Waals surface area contributed by atoms with Gasteiger partial charge >= 0.3 is 0 Å². The molecule has 53 heavy (non-hydrogen) atoms. The van der Waals surface area contributed by atoms with E-state index in [1.165, 1.54) is 11.8 Å². The number of nitriles is 1. The van der Waals surface area contributed by atoms with Crippen LogP contribution < -0.4 is 19.5 Å². The van der Waals surface area contributed by atoms with E-state index in [1.54, 1.807) is 12.3 Å². The van der Waals surface area contributed by atoms with Gasteiger partial charge in [0, 0.05) is 73.0 Å². The van der Waals surface area contributed by atoms with Crippen LogP contribution in [0, 0.1) is 23.2 Å². The van der Waals surface area contributed by atoms with Crippen LogP contribution in [-0.2, 0) is 24.4 Å². The molecular formula is C43H46Cl2N4O4. The van der Waals surface area contributed by atoms with Crippen LogP contribution in [0.4, 0.5) is 0 Å². The molecule has 10 heteroatoms. The smallest absolute Gasteiger partial charge is 0.142 e. The van der Waals surface area contributed by atoms with E-state index < -0.39 is 0 Å². The number of fused-ring (bicyclic) bond motifs is 1. The van der Waals surface area contributed by atoms with Gasteiger partial charge in [-0.2, -0.15) is 5.26 Å². The van der Waals surface area contributed by atoms with E-state index in [-0.39, 0.29) is 12.7 Å². The maximum atomic E-state index is 11.8. The van der Waals surface area contributed by atoms with Gasteiger partial charge in [0.1, 0.15) is 41.8 Å². The summed E-state index contributed by atoms with van der Waals surface area (Å²) in [5.41, 5.74) is 6.51. The minimum Gasteiger partial charge on any atom is -0.492 e. The highest BCUT2D eigenvalue weighted by molar-refractivity contribution is 6.35.